The average molecular weight is 324 g/mol. The van der Waals surface area contributed by atoms with E-state index in [1.165, 1.54) is 0 Å². The molecular weight excluding hydrogens is 304 g/mol. The fourth-order valence-corrected chi connectivity index (χ4v) is 0.666. The van der Waals surface area contributed by atoms with Crippen LogP contribution in [0.3, 0.4) is 0 Å². The molecule has 0 saturated carbocycles. The molecule has 19 heavy (non-hydrogen) atoms. The van der Waals surface area contributed by atoms with Crippen LogP contribution in [-0.2, 0) is 9.59 Å². The molecule has 0 fully saturated rings. The molecule has 0 aliphatic heterocycles. The predicted octanol–water partition coefficient (Wildman–Crippen LogP) is -7.62. The molecule has 13 heteroatoms. The van der Waals surface area contributed by atoms with Gasteiger partial charge in [-0.25, -0.2) is 9.59 Å². The standard InChI is InChI=1S/C6H10O8.Ca.4H2O.2H/c7-1(3(9)5(11)12)2(8)4(10)6(13)14;;;;;;;/h1-4,7-10H,(H,11,12)(H,13,14);;4*1H2;;. The molecule has 0 aromatic carbocycles. The maximum atomic E-state index is 10.1. The van der Waals surface area contributed by atoms with E-state index in [-0.39, 0.29) is 59.6 Å². The van der Waals surface area contributed by atoms with Crippen LogP contribution in [0, 0.1) is 0 Å². The Labute approximate surface area is 136 Å². The first-order valence-electron chi connectivity index (χ1n) is 3.47. The summed E-state index contributed by atoms with van der Waals surface area (Å²) < 4.78 is 0. The SMILES string of the molecule is O.O.O.O.O=C(O)C(O)C(O)C(O)C(O)C(=O)O.[CaH2]. The summed E-state index contributed by atoms with van der Waals surface area (Å²) >= 11 is 0. The summed E-state index contributed by atoms with van der Waals surface area (Å²) in [4.78, 5) is 20.2. The minimum atomic E-state index is -2.36. The topological polar surface area (TPSA) is 282 Å². The second-order valence-corrected chi connectivity index (χ2v) is 2.55. The van der Waals surface area contributed by atoms with Crippen LogP contribution >= 0.6 is 0 Å². The Balaban J connectivity index is -0.0000000845. The van der Waals surface area contributed by atoms with Gasteiger partial charge in [-0.2, -0.15) is 0 Å². The van der Waals surface area contributed by atoms with Crippen molar-refractivity contribution < 1.29 is 62.1 Å². The molecule has 4 unspecified atom stereocenters. The number of rotatable bonds is 5. The Bertz CT molecular complexity index is 210. The molecule has 0 rings (SSSR count). The Kier molecular flexibility index (Phi) is 30.5. The molecule has 0 radical (unpaired) electrons. The third kappa shape index (κ3) is 11.4. The normalized spacial score (nSPS) is 14.3. The second kappa shape index (κ2) is 15.9. The molecule has 0 amide bonds. The molecule has 0 aromatic rings. The third-order valence-corrected chi connectivity index (χ3v) is 1.50. The van der Waals surface area contributed by atoms with Crippen molar-refractivity contribution in [2.45, 2.75) is 24.4 Å². The zero-order valence-electron chi connectivity index (χ0n) is 8.81. The van der Waals surface area contributed by atoms with E-state index in [0.717, 1.165) is 0 Å². The first-order valence-corrected chi connectivity index (χ1v) is 3.47. The van der Waals surface area contributed by atoms with Crippen LogP contribution in [0.15, 0.2) is 0 Å². The number of aliphatic carboxylic acids is 2. The van der Waals surface area contributed by atoms with E-state index in [1.807, 2.05) is 0 Å². The summed E-state index contributed by atoms with van der Waals surface area (Å²) in [5, 5.41) is 51.5. The molecule has 0 spiro atoms. The molecule has 0 heterocycles. The van der Waals surface area contributed by atoms with Crippen LogP contribution in [0.2, 0.25) is 0 Å². The van der Waals surface area contributed by atoms with Crippen molar-refractivity contribution in [3.8, 4) is 0 Å². The van der Waals surface area contributed by atoms with Crippen LogP contribution in [0.1, 0.15) is 0 Å². The summed E-state index contributed by atoms with van der Waals surface area (Å²) in [6.45, 7) is 0. The Morgan fingerprint density at radius 3 is 0.895 bits per heavy atom. The number of hydrogen-bond donors (Lipinski definition) is 6. The van der Waals surface area contributed by atoms with Crippen LogP contribution in [-0.4, -0.2) is 127 Å². The minimum absolute atomic E-state index is 0. The van der Waals surface area contributed by atoms with Gasteiger partial charge >= 0.3 is 49.7 Å². The van der Waals surface area contributed by atoms with E-state index in [4.69, 9.17) is 30.6 Å². The van der Waals surface area contributed by atoms with Gasteiger partial charge in [0.1, 0.15) is 12.2 Å². The van der Waals surface area contributed by atoms with Gasteiger partial charge < -0.3 is 52.5 Å². The molecule has 0 saturated heterocycles. The van der Waals surface area contributed by atoms with Gasteiger partial charge in [0.25, 0.3) is 0 Å². The molecule has 14 N–H and O–H groups in total. The average Bonchev–Trinajstić information content (AvgIpc) is 2.12. The second-order valence-electron chi connectivity index (χ2n) is 2.55. The van der Waals surface area contributed by atoms with Crippen molar-refractivity contribution in [2.75, 3.05) is 0 Å². The fourth-order valence-electron chi connectivity index (χ4n) is 0.666. The van der Waals surface area contributed by atoms with Crippen LogP contribution < -0.4 is 0 Å². The van der Waals surface area contributed by atoms with Gasteiger partial charge in [0.2, 0.25) is 0 Å². The van der Waals surface area contributed by atoms with Crippen molar-refractivity contribution in [1.82, 2.24) is 0 Å². The van der Waals surface area contributed by atoms with Gasteiger partial charge in [-0.3, -0.25) is 0 Å². The summed E-state index contributed by atoms with van der Waals surface area (Å²) in [6.07, 6.45) is -9.28. The van der Waals surface area contributed by atoms with Crippen LogP contribution in [0.25, 0.3) is 0 Å². The van der Waals surface area contributed by atoms with Crippen molar-refractivity contribution in [3.05, 3.63) is 0 Å². The number of aliphatic hydroxyl groups is 4. The van der Waals surface area contributed by atoms with Gasteiger partial charge in [0.05, 0.1) is 0 Å². The first kappa shape index (κ1) is 36.4. The van der Waals surface area contributed by atoms with E-state index in [2.05, 4.69) is 0 Å². The fraction of sp³-hybridized carbons (Fsp3) is 0.667. The predicted molar refractivity (Wildman–Crippen MR) is 62.3 cm³/mol. The van der Waals surface area contributed by atoms with Crippen molar-refractivity contribution in [2.24, 2.45) is 0 Å². The summed E-state index contributed by atoms with van der Waals surface area (Å²) in [6, 6.07) is 0. The monoisotopic (exact) mass is 324 g/mol. The Morgan fingerprint density at radius 2 is 0.789 bits per heavy atom. The van der Waals surface area contributed by atoms with E-state index < -0.39 is 36.4 Å². The third-order valence-electron chi connectivity index (χ3n) is 1.50. The molecule has 0 aromatic heterocycles. The maximum absolute atomic E-state index is 10.1. The number of hydrogen-bond acceptors (Lipinski definition) is 6. The van der Waals surface area contributed by atoms with Gasteiger partial charge in [-0.15, -0.1) is 0 Å². The molecule has 118 valence electrons. The van der Waals surface area contributed by atoms with Crippen molar-refractivity contribution in [3.63, 3.8) is 0 Å². The first-order chi connectivity index (χ1) is 6.29. The van der Waals surface area contributed by atoms with Gasteiger partial charge in [0.15, 0.2) is 12.2 Å². The molecule has 12 nitrogen and oxygen atoms in total. The number of aliphatic hydroxyl groups excluding tert-OH is 4. The van der Waals surface area contributed by atoms with Crippen molar-refractivity contribution in [1.29, 1.82) is 0 Å². The van der Waals surface area contributed by atoms with Crippen LogP contribution in [0.4, 0.5) is 0 Å². The molecule has 4 atom stereocenters. The zero-order valence-corrected chi connectivity index (χ0v) is 8.81. The molecular formula is C6H20CaO12. The zero-order chi connectivity index (χ0) is 11.5. The van der Waals surface area contributed by atoms with E-state index >= 15 is 0 Å². The quantitative estimate of drug-likeness (QED) is 0.263. The Morgan fingerprint density at radius 1 is 0.632 bits per heavy atom. The van der Waals surface area contributed by atoms with Gasteiger partial charge in [-0.05, 0) is 0 Å². The van der Waals surface area contributed by atoms with E-state index in [0.29, 0.717) is 0 Å². The van der Waals surface area contributed by atoms with Gasteiger partial charge in [0, 0.05) is 0 Å². The summed E-state index contributed by atoms with van der Waals surface area (Å²) in [5.74, 6) is -3.68. The summed E-state index contributed by atoms with van der Waals surface area (Å²) in [5.41, 5.74) is 0. The number of carbonyl (C=O) groups is 2. The number of carboxylic acids is 2. The van der Waals surface area contributed by atoms with Crippen LogP contribution in [0.5, 0.6) is 0 Å². The van der Waals surface area contributed by atoms with Crippen molar-refractivity contribution >= 4 is 49.7 Å². The molecule has 0 aliphatic carbocycles. The van der Waals surface area contributed by atoms with Gasteiger partial charge in [-0.1, -0.05) is 0 Å². The van der Waals surface area contributed by atoms with E-state index in [9.17, 15) is 9.59 Å². The Hall–Kier alpha value is -0.120. The molecule has 0 aliphatic rings. The molecule has 0 bridgehead atoms. The number of carboxylic acid groups (broad SMARTS) is 2. The summed E-state index contributed by atoms with van der Waals surface area (Å²) in [7, 11) is 0. The van der Waals surface area contributed by atoms with E-state index in [1.54, 1.807) is 0 Å².